The highest BCUT2D eigenvalue weighted by Crippen LogP contribution is 2.42. The molecule has 0 saturated heterocycles. The van der Waals surface area contributed by atoms with Crippen molar-refractivity contribution < 1.29 is 14.7 Å². The Bertz CT molecular complexity index is 749. The third kappa shape index (κ3) is 3.14. The second kappa shape index (κ2) is 6.88. The second-order valence-electron chi connectivity index (χ2n) is 6.37. The Morgan fingerprint density at radius 3 is 2.08 bits per heavy atom. The number of hydrogen-bond acceptors (Lipinski definition) is 3. The first kappa shape index (κ1) is 16.9. The van der Waals surface area contributed by atoms with E-state index in [1.165, 1.54) is 6.92 Å². The minimum absolute atomic E-state index is 0.0115. The number of halogens is 1. The summed E-state index contributed by atoms with van der Waals surface area (Å²) < 4.78 is 0. The molecule has 1 aliphatic rings. The number of ketones is 2. The molecule has 0 unspecified atom stereocenters. The fourth-order valence-corrected chi connectivity index (χ4v) is 3.63. The third-order valence-electron chi connectivity index (χ3n) is 4.89. The van der Waals surface area contributed by atoms with Gasteiger partial charge < -0.3 is 5.11 Å². The summed E-state index contributed by atoms with van der Waals surface area (Å²) in [6.45, 7) is 1.46. The van der Waals surface area contributed by atoms with Crippen molar-refractivity contribution in [3.63, 3.8) is 0 Å². The largest absolute Gasteiger partial charge is 0.396 e. The highest BCUT2D eigenvalue weighted by Gasteiger charge is 2.47. The second-order valence-corrected chi connectivity index (χ2v) is 6.81. The van der Waals surface area contributed by atoms with Crippen molar-refractivity contribution in [2.75, 3.05) is 6.61 Å². The summed E-state index contributed by atoms with van der Waals surface area (Å²) in [6, 6.07) is 14.9. The van der Waals surface area contributed by atoms with Crippen molar-refractivity contribution in [3.8, 4) is 11.1 Å². The Balaban J connectivity index is 1.77. The standard InChI is InChI=1S/C20H19ClO3/c1-12(23)19-16(11-22)10-18(19)20(24)15-4-2-13(3-5-15)14-6-8-17(21)9-7-14/h2-9,16,18-19,22H,10-11H2,1H3/t16-,18-,19-/m0/s1. The maximum Gasteiger partial charge on any atom is 0.166 e. The van der Waals surface area contributed by atoms with Crippen molar-refractivity contribution in [1.29, 1.82) is 0 Å². The van der Waals surface area contributed by atoms with Crippen LogP contribution in [0.4, 0.5) is 0 Å². The molecule has 1 saturated carbocycles. The van der Waals surface area contributed by atoms with E-state index in [0.29, 0.717) is 17.0 Å². The zero-order valence-corrected chi connectivity index (χ0v) is 14.2. The Morgan fingerprint density at radius 2 is 1.58 bits per heavy atom. The van der Waals surface area contributed by atoms with Crippen molar-refractivity contribution in [2.45, 2.75) is 13.3 Å². The molecule has 2 aromatic carbocycles. The molecule has 3 nitrogen and oxygen atoms in total. The number of aliphatic hydroxyl groups is 1. The summed E-state index contributed by atoms with van der Waals surface area (Å²) in [5, 5.41) is 9.97. The predicted octanol–water partition coefficient (Wildman–Crippen LogP) is 4.02. The zero-order chi connectivity index (χ0) is 17.3. The van der Waals surface area contributed by atoms with Crippen LogP contribution >= 0.6 is 11.6 Å². The molecule has 3 rings (SSSR count). The van der Waals surface area contributed by atoms with Gasteiger partial charge in [-0.3, -0.25) is 9.59 Å². The lowest BCUT2D eigenvalue weighted by atomic mass is 9.61. The summed E-state index contributed by atoms with van der Waals surface area (Å²) >= 11 is 5.90. The monoisotopic (exact) mass is 342 g/mol. The van der Waals surface area contributed by atoms with Gasteiger partial charge in [0.25, 0.3) is 0 Å². The number of hydrogen-bond donors (Lipinski definition) is 1. The zero-order valence-electron chi connectivity index (χ0n) is 13.4. The number of Topliss-reactive ketones (excluding diaryl/α,β-unsaturated/α-hetero) is 2. The smallest absolute Gasteiger partial charge is 0.166 e. The lowest BCUT2D eigenvalue weighted by Gasteiger charge is -2.41. The molecule has 0 radical (unpaired) electrons. The number of carbonyl (C=O) groups is 2. The van der Waals surface area contributed by atoms with Crippen LogP contribution in [0.3, 0.4) is 0 Å². The van der Waals surface area contributed by atoms with Gasteiger partial charge in [-0.05, 0) is 42.5 Å². The van der Waals surface area contributed by atoms with Gasteiger partial charge in [0.05, 0.1) is 0 Å². The molecule has 0 amide bonds. The van der Waals surface area contributed by atoms with Crippen LogP contribution in [0.15, 0.2) is 48.5 Å². The van der Waals surface area contributed by atoms with Crippen LogP contribution in [0.25, 0.3) is 11.1 Å². The van der Waals surface area contributed by atoms with Crippen LogP contribution in [0.1, 0.15) is 23.7 Å². The van der Waals surface area contributed by atoms with Gasteiger partial charge in [0, 0.05) is 29.0 Å². The maximum absolute atomic E-state index is 12.6. The van der Waals surface area contributed by atoms with Gasteiger partial charge in [0.15, 0.2) is 5.78 Å². The van der Waals surface area contributed by atoms with Gasteiger partial charge in [-0.1, -0.05) is 48.0 Å². The molecule has 1 aliphatic carbocycles. The van der Waals surface area contributed by atoms with Crippen LogP contribution in [-0.4, -0.2) is 23.3 Å². The number of rotatable bonds is 5. The first-order valence-electron chi connectivity index (χ1n) is 8.02. The average Bonchev–Trinajstić information content (AvgIpc) is 2.54. The molecule has 0 bridgehead atoms. The van der Waals surface area contributed by atoms with Crippen LogP contribution < -0.4 is 0 Å². The van der Waals surface area contributed by atoms with Gasteiger partial charge in [-0.15, -0.1) is 0 Å². The average molecular weight is 343 g/mol. The van der Waals surface area contributed by atoms with Crippen LogP contribution in [-0.2, 0) is 4.79 Å². The van der Waals surface area contributed by atoms with E-state index >= 15 is 0 Å². The SMILES string of the molecule is CC(=O)[C@H]1[C@H](CO)C[C@@H]1C(=O)c1ccc(-c2ccc(Cl)cc2)cc1. The van der Waals surface area contributed by atoms with Crippen LogP contribution in [0, 0.1) is 17.8 Å². The fourth-order valence-electron chi connectivity index (χ4n) is 3.51. The van der Waals surface area contributed by atoms with E-state index in [-0.39, 0.29) is 35.9 Å². The topological polar surface area (TPSA) is 54.4 Å². The Kier molecular flexibility index (Phi) is 4.83. The van der Waals surface area contributed by atoms with E-state index in [0.717, 1.165) is 11.1 Å². The summed E-state index contributed by atoms with van der Waals surface area (Å²) in [4.78, 5) is 24.4. The lowest BCUT2D eigenvalue weighted by molar-refractivity contribution is -0.129. The first-order chi connectivity index (χ1) is 11.5. The third-order valence-corrected chi connectivity index (χ3v) is 5.14. The summed E-state index contributed by atoms with van der Waals surface area (Å²) in [5.41, 5.74) is 2.65. The number of benzene rings is 2. The molecule has 1 fully saturated rings. The minimum atomic E-state index is -0.349. The predicted molar refractivity (Wildman–Crippen MR) is 94.1 cm³/mol. The molecule has 24 heavy (non-hydrogen) atoms. The highest BCUT2D eigenvalue weighted by atomic mass is 35.5. The van der Waals surface area contributed by atoms with E-state index in [2.05, 4.69) is 0 Å². The molecule has 4 heteroatoms. The Hall–Kier alpha value is -1.97. The van der Waals surface area contributed by atoms with Gasteiger partial charge in [0.2, 0.25) is 0 Å². The molecule has 2 aromatic rings. The van der Waals surface area contributed by atoms with Gasteiger partial charge in [-0.25, -0.2) is 0 Å². The van der Waals surface area contributed by atoms with E-state index < -0.39 is 0 Å². The molecule has 3 atom stereocenters. The lowest BCUT2D eigenvalue weighted by Crippen LogP contribution is -2.47. The first-order valence-corrected chi connectivity index (χ1v) is 8.40. The Labute approximate surface area is 146 Å². The molecule has 0 aromatic heterocycles. The van der Waals surface area contributed by atoms with E-state index in [9.17, 15) is 14.7 Å². The van der Waals surface area contributed by atoms with Crippen molar-refractivity contribution >= 4 is 23.2 Å². The molecular formula is C20H19ClO3. The quantitative estimate of drug-likeness (QED) is 0.835. The van der Waals surface area contributed by atoms with E-state index in [1.54, 1.807) is 12.1 Å². The molecule has 124 valence electrons. The minimum Gasteiger partial charge on any atom is -0.396 e. The van der Waals surface area contributed by atoms with Crippen LogP contribution in [0.2, 0.25) is 5.02 Å². The Morgan fingerprint density at radius 1 is 1.04 bits per heavy atom. The van der Waals surface area contributed by atoms with E-state index in [4.69, 9.17) is 11.6 Å². The van der Waals surface area contributed by atoms with Gasteiger partial charge >= 0.3 is 0 Å². The normalized spacial score (nSPS) is 22.7. The van der Waals surface area contributed by atoms with Crippen LogP contribution in [0.5, 0.6) is 0 Å². The summed E-state index contributed by atoms with van der Waals surface area (Å²) in [5.74, 6) is -0.761. The molecular weight excluding hydrogens is 324 g/mol. The molecule has 0 aliphatic heterocycles. The molecule has 0 spiro atoms. The van der Waals surface area contributed by atoms with Gasteiger partial charge in [0.1, 0.15) is 5.78 Å². The van der Waals surface area contributed by atoms with Crippen molar-refractivity contribution in [1.82, 2.24) is 0 Å². The van der Waals surface area contributed by atoms with Gasteiger partial charge in [-0.2, -0.15) is 0 Å². The number of carbonyl (C=O) groups excluding carboxylic acids is 2. The van der Waals surface area contributed by atoms with E-state index in [1.807, 2.05) is 36.4 Å². The van der Waals surface area contributed by atoms with Crippen molar-refractivity contribution in [3.05, 3.63) is 59.1 Å². The highest BCUT2D eigenvalue weighted by molar-refractivity contribution is 6.30. The summed E-state index contributed by atoms with van der Waals surface area (Å²) in [6.07, 6.45) is 0.582. The summed E-state index contributed by atoms with van der Waals surface area (Å²) in [7, 11) is 0. The van der Waals surface area contributed by atoms with Crippen molar-refractivity contribution in [2.24, 2.45) is 17.8 Å². The molecule has 1 N–H and O–H groups in total. The number of aliphatic hydroxyl groups excluding tert-OH is 1. The molecule has 0 heterocycles. The fraction of sp³-hybridized carbons (Fsp3) is 0.300. The maximum atomic E-state index is 12.6.